The van der Waals surface area contributed by atoms with Crippen molar-refractivity contribution < 1.29 is 19.4 Å². The molecule has 3 aromatic rings. The van der Waals surface area contributed by atoms with Crippen molar-refractivity contribution in [1.82, 2.24) is 9.88 Å². The first-order valence-corrected chi connectivity index (χ1v) is 10.4. The van der Waals surface area contributed by atoms with E-state index < -0.39 is 5.97 Å². The lowest BCUT2D eigenvalue weighted by Gasteiger charge is -2.12. The van der Waals surface area contributed by atoms with Gasteiger partial charge < -0.3 is 24.5 Å². The SMILES string of the molecule is C=Cc1ccc(Cn2c(C)c(CNCc3cc(OC)ccc3OC)c(C(=O)O)c2C)cc1. The number of aromatic nitrogens is 1. The number of nitrogens with zero attached hydrogens (tertiary/aromatic N) is 1. The molecule has 32 heavy (non-hydrogen) atoms. The highest BCUT2D eigenvalue weighted by Crippen LogP contribution is 2.26. The van der Waals surface area contributed by atoms with Crippen LogP contribution in [0.25, 0.3) is 6.08 Å². The van der Waals surface area contributed by atoms with Crippen LogP contribution in [0.2, 0.25) is 0 Å². The van der Waals surface area contributed by atoms with Gasteiger partial charge in [-0.2, -0.15) is 0 Å². The van der Waals surface area contributed by atoms with E-state index in [1.807, 2.05) is 56.3 Å². The summed E-state index contributed by atoms with van der Waals surface area (Å²) in [4.78, 5) is 12.1. The number of carboxylic acids is 1. The molecule has 6 heteroatoms. The fraction of sp³-hybridized carbons (Fsp3) is 0.269. The first kappa shape index (κ1) is 23.2. The Balaban J connectivity index is 1.84. The molecule has 0 radical (unpaired) electrons. The quantitative estimate of drug-likeness (QED) is 0.479. The monoisotopic (exact) mass is 434 g/mol. The minimum atomic E-state index is -0.915. The molecular formula is C26H30N2O4. The van der Waals surface area contributed by atoms with Gasteiger partial charge in [-0.3, -0.25) is 0 Å². The van der Waals surface area contributed by atoms with Crippen LogP contribution in [0.1, 0.15) is 44.0 Å². The third-order valence-corrected chi connectivity index (χ3v) is 5.78. The number of rotatable bonds is 10. The second kappa shape index (κ2) is 10.2. The zero-order chi connectivity index (χ0) is 23.3. The largest absolute Gasteiger partial charge is 0.497 e. The number of carbonyl (C=O) groups is 1. The molecule has 2 N–H and O–H groups in total. The first-order chi connectivity index (χ1) is 15.4. The smallest absolute Gasteiger partial charge is 0.337 e. The predicted octanol–water partition coefficient (Wildman–Crippen LogP) is 4.80. The standard InChI is InChI=1S/C26H30N2O4/c1-6-19-7-9-20(10-8-19)16-28-17(2)23(25(18(28)3)26(29)30)15-27-14-21-13-22(31-4)11-12-24(21)32-5/h6-13,27H,1,14-16H2,2-5H3,(H,29,30). The second-order valence-corrected chi connectivity index (χ2v) is 7.64. The van der Waals surface area contributed by atoms with Crippen molar-refractivity contribution in [3.63, 3.8) is 0 Å². The maximum absolute atomic E-state index is 12.1. The van der Waals surface area contributed by atoms with Gasteiger partial charge in [0.25, 0.3) is 0 Å². The molecule has 0 aliphatic heterocycles. The van der Waals surface area contributed by atoms with Crippen LogP contribution >= 0.6 is 0 Å². The molecule has 0 saturated heterocycles. The van der Waals surface area contributed by atoms with Gasteiger partial charge in [0.2, 0.25) is 0 Å². The summed E-state index contributed by atoms with van der Waals surface area (Å²) in [7, 11) is 3.25. The van der Waals surface area contributed by atoms with E-state index in [2.05, 4.69) is 16.5 Å². The van der Waals surface area contributed by atoms with Crippen molar-refractivity contribution in [1.29, 1.82) is 0 Å². The molecule has 1 heterocycles. The Morgan fingerprint density at radius 3 is 2.38 bits per heavy atom. The van der Waals surface area contributed by atoms with Gasteiger partial charge in [0.1, 0.15) is 11.5 Å². The Morgan fingerprint density at radius 2 is 1.78 bits per heavy atom. The van der Waals surface area contributed by atoms with Gasteiger partial charge in [-0.05, 0) is 43.2 Å². The predicted molar refractivity (Wildman–Crippen MR) is 127 cm³/mol. The van der Waals surface area contributed by atoms with E-state index in [0.717, 1.165) is 45.1 Å². The Labute approximate surface area is 189 Å². The minimum Gasteiger partial charge on any atom is -0.497 e. The van der Waals surface area contributed by atoms with Crippen molar-refractivity contribution in [2.45, 2.75) is 33.5 Å². The first-order valence-electron chi connectivity index (χ1n) is 10.4. The van der Waals surface area contributed by atoms with Crippen LogP contribution in [0, 0.1) is 13.8 Å². The van der Waals surface area contributed by atoms with E-state index in [9.17, 15) is 9.90 Å². The zero-order valence-electron chi connectivity index (χ0n) is 19.1. The lowest BCUT2D eigenvalue weighted by atomic mass is 10.1. The van der Waals surface area contributed by atoms with Gasteiger partial charge >= 0.3 is 5.97 Å². The minimum absolute atomic E-state index is 0.357. The van der Waals surface area contributed by atoms with Crippen LogP contribution in [0.5, 0.6) is 11.5 Å². The van der Waals surface area contributed by atoms with Crippen molar-refractivity contribution in [3.05, 3.63) is 88.2 Å². The van der Waals surface area contributed by atoms with Crippen LogP contribution in [-0.2, 0) is 19.6 Å². The normalized spacial score (nSPS) is 10.8. The van der Waals surface area contributed by atoms with E-state index >= 15 is 0 Å². The van der Waals surface area contributed by atoms with Gasteiger partial charge in [0.15, 0.2) is 0 Å². The fourth-order valence-electron chi connectivity index (χ4n) is 3.97. The number of benzene rings is 2. The average molecular weight is 435 g/mol. The summed E-state index contributed by atoms with van der Waals surface area (Å²) < 4.78 is 12.8. The Kier molecular flexibility index (Phi) is 7.38. The number of hydrogen-bond acceptors (Lipinski definition) is 4. The van der Waals surface area contributed by atoms with Gasteiger partial charge in [0, 0.05) is 42.1 Å². The molecular weight excluding hydrogens is 404 g/mol. The molecule has 0 fully saturated rings. The molecule has 0 aliphatic rings. The molecule has 168 valence electrons. The molecule has 0 aliphatic carbocycles. The molecule has 0 saturated carbocycles. The number of aromatic carboxylic acids is 1. The topological polar surface area (TPSA) is 72.7 Å². The van der Waals surface area contributed by atoms with Crippen LogP contribution in [0.3, 0.4) is 0 Å². The highest BCUT2D eigenvalue weighted by atomic mass is 16.5. The number of hydrogen-bond donors (Lipinski definition) is 2. The summed E-state index contributed by atoms with van der Waals surface area (Å²) >= 11 is 0. The molecule has 0 amide bonds. The molecule has 0 atom stereocenters. The van der Waals surface area contributed by atoms with E-state index in [1.165, 1.54) is 0 Å². The maximum atomic E-state index is 12.1. The second-order valence-electron chi connectivity index (χ2n) is 7.64. The van der Waals surface area contributed by atoms with E-state index in [0.29, 0.717) is 25.2 Å². The van der Waals surface area contributed by atoms with Crippen LogP contribution in [0.15, 0.2) is 49.0 Å². The van der Waals surface area contributed by atoms with Crippen molar-refractivity contribution in [3.8, 4) is 11.5 Å². The molecule has 0 unspecified atom stereocenters. The molecule has 2 aromatic carbocycles. The van der Waals surface area contributed by atoms with Gasteiger partial charge in [-0.1, -0.05) is 36.9 Å². The molecule has 3 rings (SSSR count). The van der Waals surface area contributed by atoms with Gasteiger partial charge in [0.05, 0.1) is 19.8 Å². The van der Waals surface area contributed by atoms with Crippen LogP contribution in [0.4, 0.5) is 0 Å². The zero-order valence-corrected chi connectivity index (χ0v) is 19.1. The summed E-state index contributed by atoms with van der Waals surface area (Å²) in [6, 6.07) is 13.7. The van der Waals surface area contributed by atoms with Gasteiger partial charge in [-0.15, -0.1) is 0 Å². The van der Waals surface area contributed by atoms with Gasteiger partial charge in [-0.25, -0.2) is 4.79 Å². The Morgan fingerprint density at radius 1 is 1.06 bits per heavy atom. The summed E-state index contributed by atoms with van der Waals surface area (Å²) in [5, 5.41) is 13.3. The van der Waals surface area contributed by atoms with E-state index in [4.69, 9.17) is 9.47 Å². The van der Waals surface area contributed by atoms with Crippen LogP contribution < -0.4 is 14.8 Å². The average Bonchev–Trinajstić information content (AvgIpc) is 3.03. The Bertz CT molecular complexity index is 1110. The number of carboxylic acid groups (broad SMARTS) is 1. The lowest BCUT2D eigenvalue weighted by Crippen LogP contribution is -2.16. The van der Waals surface area contributed by atoms with Crippen molar-refractivity contribution in [2.75, 3.05) is 14.2 Å². The number of nitrogens with one attached hydrogen (secondary N) is 1. The van der Waals surface area contributed by atoms with E-state index in [1.54, 1.807) is 20.3 Å². The highest BCUT2D eigenvalue weighted by Gasteiger charge is 2.22. The molecule has 1 aromatic heterocycles. The summed E-state index contributed by atoms with van der Waals surface area (Å²) in [6.45, 7) is 9.18. The molecule has 0 bridgehead atoms. The third-order valence-electron chi connectivity index (χ3n) is 5.78. The fourth-order valence-corrected chi connectivity index (χ4v) is 3.97. The summed E-state index contributed by atoms with van der Waals surface area (Å²) in [6.07, 6.45) is 1.81. The maximum Gasteiger partial charge on any atom is 0.337 e. The third kappa shape index (κ3) is 4.86. The summed E-state index contributed by atoms with van der Waals surface area (Å²) in [5.74, 6) is 0.585. The van der Waals surface area contributed by atoms with Crippen LogP contribution in [-0.4, -0.2) is 29.9 Å². The molecule has 0 spiro atoms. The number of methoxy groups -OCH3 is 2. The van der Waals surface area contributed by atoms with Crippen molar-refractivity contribution >= 4 is 12.0 Å². The highest BCUT2D eigenvalue weighted by molar-refractivity contribution is 5.91. The molecule has 6 nitrogen and oxygen atoms in total. The van der Waals surface area contributed by atoms with E-state index in [-0.39, 0.29) is 0 Å². The lowest BCUT2D eigenvalue weighted by molar-refractivity contribution is 0.0694. The summed E-state index contributed by atoms with van der Waals surface area (Å²) in [5.41, 5.74) is 5.94. The van der Waals surface area contributed by atoms with Crippen molar-refractivity contribution in [2.24, 2.45) is 0 Å². The Hall–Kier alpha value is -3.51. The number of ether oxygens (including phenoxy) is 2.